The van der Waals surface area contributed by atoms with E-state index in [0.29, 0.717) is 5.69 Å². The molecule has 9 nitrogen and oxygen atoms in total. The van der Waals surface area contributed by atoms with Crippen molar-refractivity contribution < 1.29 is 24.6 Å². The molecule has 2 heterocycles. The van der Waals surface area contributed by atoms with Crippen molar-refractivity contribution in [2.24, 2.45) is 0 Å². The van der Waals surface area contributed by atoms with Crippen LogP contribution in [0.25, 0.3) is 0 Å². The Morgan fingerprint density at radius 2 is 2.07 bits per heavy atom. The Morgan fingerprint density at radius 3 is 2.74 bits per heavy atom. The molecule has 9 heteroatoms. The van der Waals surface area contributed by atoms with Gasteiger partial charge < -0.3 is 19.2 Å². The fourth-order valence-electron chi connectivity index (χ4n) is 3.98. The number of aromatic nitrogens is 2. The minimum absolute atomic E-state index is 0.0506. The summed E-state index contributed by atoms with van der Waals surface area (Å²) in [7, 11) is 1.40. The predicted octanol–water partition coefficient (Wildman–Crippen LogP) is 3.01. The van der Waals surface area contributed by atoms with Crippen LogP contribution in [0.2, 0.25) is 0 Å². The molecule has 1 spiro atoms. The number of imidazole rings is 1. The molecule has 1 aromatic carbocycles. The van der Waals surface area contributed by atoms with Crippen molar-refractivity contribution in [2.75, 3.05) is 7.11 Å². The number of carbonyl (C=O) groups is 1. The number of esters is 1. The summed E-state index contributed by atoms with van der Waals surface area (Å²) < 4.78 is 13.2. The van der Waals surface area contributed by atoms with Gasteiger partial charge in [-0.3, -0.25) is 0 Å². The summed E-state index contributed by atoms with van der Waals surface area (Å²) in [5.74, 6) is 0.571. The van der Waals surface area contributed by atoms with E-state index in [1.165, 1.54) is 20.0 Å². The molecule has 1 atom stereocenters. The maximum atomic E-state index is 12.0. The second-order valence-electron chi connectivity index (χ2n) is 6.67. The van der Waals surface area contributed by atoms with Gasteiger partial charge in [0, 0.05) is 12.0 Å². The minimum Gasteiger partial charge on any atom is -0.487 e. The standard InChI is InChI=1S/C18H20N2O3.HNO3/c1-22-17(21)15-11-19-12-20(15)14-10-18(8-4-5-9-18)23-16-7-3-2-6-13(14)16;2-1(3)4/h2-3,6-7,11-12,14H,4-5,8-10H2,1H3;(H,2,3,4). The van der Waals surface area contributed by atoms with E-state index in [1.54, 1.807) is 12.5 Å². The number of ether oxygens (including phenoxy) is 2. The summed E-state index contributed by atoms with van der Waals surface area (Å²) >= 11 is 0. The zero-order valence-electron chi connectivity index (χ0n) is 14.9. The molecule has 144 valence electrons. The van der Waals surface area contributed by atoms with Gasteiger partial charge in [-0.2, -0.15) is 0 Å². The average molecular weight is 375 g/mol. The molecule has 27 heavy (non-hydrogen) atoms. The minimum atomic E-state index is -1.50. The lowest BCUT2D eigenvalue weighted by molar-refractivity contribution is -0.742. The number of para-hydroxylation sites is 1. The molecule has 1 saturated carbocycles. The van der Waals surface area contributed by atoms with Gasteiger partial charge in [0.15, 0.2) is 0 Å². The van der Waals surface area contributed by atoms with E-state index < -0.39 is 5.09 Å². The van der Waals surface area contributed by atoms with Crippen molar-refractivity contribution in [3.05, 3.63) is 58.2 Å². The molecule has 0 saturated heterocycles. The summed E-state index contributed by atoms with van der Waals surface area (Å²) in [5, 5.41) is 13.6. The molecule has 4 rings (SSSR count). The maximum absolute atomic E-state index is 12.0. The third-order valence-corrected chi connectivity index (χ3v) is 5.08. The smallest absolute Gasteiger partial charge is 0.356 e. The highest BCUT2D eigenvalue weighted by Crippen LogP contribution is 2.48. The summed E-state index contributed by atoms with van der Waals surface area (Å²) in [5.41, 5.74) is 1.48. The fourth-order valence-corrected chi connectivity index (χ4v) is 3.98. The number of fused-ring (bicyclic) bond motifs is 1. The maximum Gasteiger partial charge on any atom is 0.356 e. The zero-order chi connectivity index (χ0) is 19.4. The molecule has 2 aromatic rings. The Morgan fingerprint density at radius 1 is 1.41 bits per heavy atom. The first-order valence-corrected chi connectivity index (χ1v) is 8.67. The molecule has 1 aromatic heterocycles. The van der Waals surface area contributed by atoms with E-state index >= 15 is 0 Å². The molecule has 0 bridgehead atoms. The van der Waals surface area contributed by atoms with Crippen molar-refractivity contribution in [3.63, 3.8) is 0 Å². The number of hydrogen-bond acceptors (Lipinski definition) is 6. The van der Waals surface area contributed by atoms with Crippen molar-refractivity contribution in [1.82, 2.24) is 9.55 Å². The number of carbonyl (C=O) groups excluding carboxylic acids is 1. The first-order valence-electron chi connectivity index (χ1n) is 8.67. The van der Waals surface area contributed by atoms with E-state index in [4.69, 9.17) is 24.8 Å². The average Bonchev–Trinajstić information content (AvgIpc) is 3.29. The van der Waals surface area contributed by atoms with Gasteiger partial charge in [0.1, 0.15) is 17.0 Å². The highest BCUT2D eigenvalue weighted by Gasteiger charge is 2.44. The van der Waals surface area contributed by atoms with E-state index in [2.05, 4.69) is 11.1 Å². The Bertz CT molecular complexity index is 824. The van der Waals surface area contributed by atoms with Crippen molar-refractivity contribution in [1.29, 1.82) is 0 Å². The molecule has 0 radical (unpaired) electrons. The van der Waals surface area contributed by atoms with Crippen LogP contribution in [0, 0.1) is 10.1 Å². The fraction of sp³-hybridized carbons (Fsp3) is 0.444. The van der Waals surface area contributed by atoms with Crippen LogP contribution >= 0.6 is 0 Å². The van der Waals surface area contributed by atoms with Gasteiger partial charge in [0.25, 0.3) is 5.09 Å². The normalized spacial score (nSPS) is 19.4. The van der Waals surface area contributed by atoms with Gasteiger partial charge in [-0.1, -0.05) is 18.2 Å². The first-order chi connectivity index (χ1) is 13.0. The second-order valence-corrected chi connectivity index (χ2v) is 6.67. The molecule has 1 unspecified atom stereocenters. The van der Waals surface area contributed by atoms with Crippen molar-refractivity contribution in [3.8, 4) is 5.75 Å². The third-order valence-electron chi connectivity index (χ3n) is 5.08. The number of methoxy groups -OCH3 is 1. The Balaban J connectivity index is 0.000000481. The highest BCUT2D eigenvalue weighted by molar-refractivity contribution is 5.87. The van der Waals surface area contributed by atoms with E-state index in [0.717, 1.165) is 30.6 Å². The number of rotatable bonds is 2. The first kappa shape index (κ1) is 18.7. The summed E-state index contributed by atoms with van der Waals surface area (Å²) in [6, 6.07) is 8.16. The lowest BCUT2D eigenvalue weighted by Crippen LogP contribution is -2.40. The van der Waals surface area contributed by atoms with Crippen LogP contribution in [-0.4, -0.2) is 38.5 Å². The molecule has 0 amide bonds. The van der Waals surface area contributed by atoms with E-state index in [1.807, 2.05) is 22.8 Å². The third kappa shape index (κ3) is 3.86. The van der Waals surface area contributed by atoms with Crippen LogP contribution in [0.15, 0.2) is 36.8 Å². The van der Waals surface area contributed by atoms with Gasteiger partial charge in [0.05, 0.1) is 25.7 Å². The molecule has 1 fully saturated rings. The largest absolute Gasteiger partial charge is 0.487 e. The molecule has 1 N–H and O–H groups in total. The van der Waals surface area contributed by atoms with Gasteiger partial charge in [0.2, 0.25) is 0 Å². The number of benzene rings is 1. The molecule has 1 aliphatic carbocycles. The Kier molecular flexibility index (Phi) is 5.29. The summed E-state index contributed by atoms with van der Waals surface area (Å²) in [4.78, 5) is 24.6. The van der Waals surface area contributed by atoms with Crippen molar-refractivity contribution in [2.45, 2.75) is 43.7 Å². The summed E-state index contributed by atoms with van der Waals surface area (Å²) in [6.45, 7) is 0. The van der Waals surface area contributed by atoms with Gasteiger partial charge in [-0.25, -0.2) is 9.78 Å². The topological polar surface area (TPSA) is 117 Å². The predicted molar refractivity (Wildman–Crippen MR) is 93.4 cm³/mol. The quantitative estimate of drug-likeness (QED) is 0.487. The Hall–Kier alpha value is -3.10. The van der Waals surface area contributed by atoms with Gasteiger partial charge >= 0.3 is 5.97 Å². The molecule has 2 aliphatic rings. The van der Waals surface area contributed by atoms with E-state index in [9.17, 15) is 4.79 Å². The van der Waals surface area contributed by atoms with Crippen LogP contribution in [0.4, 0.5) is 0 Å². The molecular weight excluding hydrogens is 354 g/mol. The van der Waals surface area contributed by atoms with Crippen LogP contribution in [-0.2, 0) is 4.74 Å². The van der Waals surface area contributed by atoms with Gasteiger partial charge in [-0.15, -0.1) is 10.1 Å². The van der Waals surface area contributed by atoms with Crippen LogP contribution < -0.4 is 4.74 Å². The summed E-state index contributed by atoms with van der Waals surface area (Å²) in [6.07, 6.45) is 8.70. The van der Waals surface area contributed by atoms with Gasteiger partial charge in [-0.05, 0) is 31.7 Å². The monoisotopic (exact) mass is 375 g/mol. The van der Waals surface area contributed by atoms with Crippen LogP contribution in [0.5, 0.6) is 5.75 Å². The highest BCUT2D eigenvalue weighted by atomic mass is 16.9. The lowest BCUT2D eigenvalue weighted by atomic mass is 9.85. The second kappa shape index (κ2) is 7.65. The molecule has 1 aliphatic heterocycles. The Labute approximate surface area is 155 Å². The molecular formula is C18H21N3O6. The lowest BCUT2D eigenvalue weighted by Gasteiger charge is -2.40. The van der Waals surface area contributed by atoms with Crippen LogP contribution in [0.1, 0.15) is 54.2 Å². The SMILES string of the molecule is COC(=O)c1cncn1C1CC2(CCCC2)Oc2ccccc21.O=[N+]([O-])O. The zero-order valence-corrected chi connectivity index (χ0v) is 14.9. The number of hydrogen-bond donors (Lipinski definition) is 1. The van der Waals surface area contributed by atoms with Crippen molar-refractivity contribution >= 4 is 5.97 Å². The number of nitrogens with zero attached hydrogens (tertiary/aromatic N) is 3. The van der Waals surface area contributed by atoms with Crippen LogP contribution in [0.3, 0.4) is 0 Å². The van der Waals surface area contributed by atoms with E-state index in [-0.39, 0.29) is 17.6 Å².